The molecule has 0 spiro atoms. The lowest BCUT2D eigenvalue weighted by Crippen LogP contribution is -2.48. The van der Waals surface area contributed by atoms with Crippen molar-refractivity contribution in [3.63, 3.8) is 0 Å². The van der Waals surface area contributed by atoms with E-state index in [9.17, 15) is 9.18 Å². The second-order valence-corrected chi connectivity index (χ2v) is 7.31. The van der Waals surface area contributed by atoms with E-state index in [4.69, 9.17) is 5.73 Å². The maximum Gasteiger partial charge on any atom is 0.227 e. The second-order valence-electron chi connectivity index (χ2n) is 7.31. The van der Waals surface area contributed by atoms with E-state index in [2.05, 4.69) is 10.4 Å². The van der Waals surface area contributed by atoms with E-state index >= 15 is 0 Å². The number of fused-ring (bicyclic) bond motifs is 2. The normalized spacial score (nSPS) is 27.5. The summed E-state index contributed by atoms with van der Waals surface area (Å²) in [6, 6.07) is 6.68. The van der Waals surface area contributed by atoms with Crippen LogP contribution in [0.4, 0.5) is 10.1 Å². The maximum atomic E-state index is 13.8. The first-order valence-corrected chi connectivity index (χ1v) is 8.98. The summed E-state index contributed by atoms with van der Waals surface area (Å²) in [7, 11) is 0. The molecular weight excluding hydrogens is 355 g/mol. The van der Waals surface area contributed by atoms with Crippen LogP contribution < -0.4 is 11.1 Å². The molecule has 5 nitrogen and oxygen atoms in total. The lowest BCUT2D eigenvalue weighted by molar-refractivity contribution is -0.122. The van der Waals surface area contributed by atoms with Gasteiger partial charge in [-0.15, -0.1) is 12.4 Å². The van der Waals surface area contributed by atoms with Crippen LogP contribution in [0, 0.1) is 23.6 Å². The van der Waals surface area contributed by atoms with Crippen LogP contribution in [0.3, 0.4) is 0 Å². The molecule has 2 atom stereocenters. The zero-order valence-electron chi connectivity index (χ0n) is 14.5. The molecule has 2 aromatic rings. The van der Waals surface area contributed by atoms with Crippen LogP contribution in [-0.4, -0.2) is 21.7 Å². The highest BCUT2D eigenvalue weighted by Gasteiger charge is 2.40. The molecule has 1 aromatic carbocycles. The van der Waals surface area contributed by atoms with Crippen LogP contribution in [0.2, 0.25) is 0 Å². The standard InChI is InChI=1S/C19H23FN4O.ClH/c20-16-6-1-2-7-17(16)24-11-15(10-22-24)23-19(25)14-8-12-4-3-5-13(9-14)18(12)21;/h1-2,6-7,10-14,18H,3-5,8-9,21H2,(H,23,25);1H. The van der Waals surface area contributed by atoms with Gasteiger partial charge in [0, 0.05) is 12.0 Å². The van der Waals surface area contributed by atoms with Gasteiger partial charge in [0.1, 0.15) is 11.5 Å². The van der Waals surface area contributed by atoms with E-state index in [-0.39, 0.29) is 36.1 Å². The van der Waals surface area contributed by atoms with Gasteiger partial charge in [0.2, 0.25) is 5.91 Å². The Kier molecular flexibility index (Phi) is 5.63. The highest BCUT2D eigenvalue weighted by atomic mass is 35.5. The minimum Gasteiger partial charge on any atom is -0.327 e. The summed E-state index contributed by atoms with van der Waals surface area (Å²) in [5.74, 6) is 0.607. The van der Waals surface area contributed by atoms with Crippen molar-refractivity contribution in [2.45, 2.75) is 38.1 Å². The van der Waals surface area contributed by atoms with Gasteiger partial charge in [-0.2, -0.15) is 5.10 Å². The van der Waals surface area contributed by atoms with Gasteiger partial charge in [0.15, 0.2) is 0 Å². The molecule has 3 N–H and O–H groups in total. The van der Waals surface area contributed by atoms with Gasteiger partial charge in [0.25, 0.3) is 0 Å². The van der Waals surface area contributed by atoms with Crippen molar-refractivity contribution in [1.82, 2.24) is 9.78 Å². The Morgan fingerprint density at radius 1 is 1.23 bits per heavy atom. The van der Waals surface area contributed by atoms with Gasteiger partial charge in [-0.1, -0.05) is 18.6 Å². The smallest absolute Gasteiger partial charge is 0.227 e. The molecular formula is C19H24ClFN4O. The van der Waals surface area contributed by atoms with Gasteiger partial charge in [-0.05, 0) is 49.7 Å². The first kappa shape index (κ1) is 18.9. The quantitative estimate of drug-likeness (QED) is 0.858. The highest BCUT2D eigenvalue weighted by Crippen LogP contribution is 2.42. The molecule has 26 heavy (non-hydrogen) atoms. The fourth-order valence-electron chi connectivity index (χ4n) is 4.40. The Bertz CT molecular complexity index is 766. The van der Waals surface area contributed by atoms with Gasteiger partial charge in [-0.25, -0.2) is 9.07 Å². The molecule has 2 bridgehead atoms. The van der Waals surface area contributed by atoms with Crippen LogP contribution in [0.25, 0.3) is 5.69 Å². The molecule has 7 heteroatoms. The number of anilines is 1. The van der Waals surface area contributed by atoms with Gasteiger partial charge in [0.05, 0.1) is 18.1 Å². The molecule has 2 aliphatic rings. The SMILES string of the molecule is Cl.NC1C2CCCC1CC(C(=O)Nc1cnn(-c3ccccc3F)c1)C2. The number of hydrogen-bond acceptors (Lipinski definition) is 3. The first-order valence-electron chi connectivity index (χ1n) is 8.98. The fourth-order valence-corrected chi connectivity index (χ4v) is 4.40. The topological polar surface area (TPSA) is 72.9 Å². The van der Waals surface area contributed by atoms with Gasteiger partial charge >= 0.3 is 0 Å². The summed E-state index contributed by atoms with van der Waals surface area (Å²) in [5.41, 5.74) is 7.25. The number of benzene rings is 1. The number of carbonyl (C=O) groups excluding carboxylic acids is 1. The number of para-hydroxylation sites is 1. The van der Waals surface area contributed by atoms with Crippen molar-refractivity contribution in [3.8, 4) is 5.69 Å². The molecule has 1 amide bonds. The summed E-state index contributed by atoms with van der Waals surface area (Å²) >= 11 is 0. The number of hydrogen-bond donors (Lipinski definition) is 2. The van der Waals surface area contributed by atoms with E-state index in [0.29, 0.717) is 23.2 Å². The molecule has 2 unspecified atom stereocenters. The Hall–Kier alpha value is -1.92. The molecule has 140 valence electrons. The zero-order chi connectivity index (χ0) is 17.4. The average Bonchev–Trinajstić information content (AvgIpc) is 3.03. The van der Waals surface area contributed by atoms with Crippen LogP contribution >= 0.6 is 12.4 Å². The Morgan fingerprint density at radius 3 is 2.62 bits per heavy atom. The van der Waals surface area contributed by atoms with E-state index in [0.717, 1.165) is 25.7 Å². The highest BCUT2D eigenvalue weighted by molar-refractivity contribution is 5.92. The predicted octanol–water partition coefficient (Wildman–Crippen LogP) is 3.53. The van der Waals surface area contributed by atoms with Crippen LogP contribution in [0.15, 0.2) is 36.7 Å². The molecule has 4 rings (SSSR count). The van der Waals surface area contributed by atoms with E-state index in [1.165, 1.54) is 17.2 Å². The van der Waals surface area contributed by atoms with Crippen molar-refractivity contribution < 1.29 is 9.18 Å². The number of aromatic nitrogens is 2. The number of carbonyl (C=O) groups is 1. The van der Waals surface area contributed by atoms with Gasteiger partial charge in [-0.3, -0.25) is 4.79 Å². The number of amides is 1. The van der Waals surface area contributed by atoms with Crippen molar-refractivity contribution in [1.29, 1.82) is 0 Å². The minimum atomic E-state index is -0.349. The summed E-state index contributed by atoms with van der Waals surface area (Å²) < 4.78 is 15.3. The Morgan fingerprint density at radius 2 is 1.92 bits per heavy atom. The van der Waals surface area contributed by atoms with Crippen LogP contribution in [0.5, 0.6) is 0 Å². The molecule has 1 aromatic heterocycles. The van der Waals surface area contributed by atoms with E-state index in [1.54, 1.807) is 30.6 Å². The Balaban J connectivity index is 0.00000196. The van der Waals surface area contributed by atoms with E-state index < -0.39 is 0 Å². The molecule has 1 heterocycles. The number of nitrogens with two attached hydrogens (primary N) is 1. The number of nitrogens with zero attached hydrogens (tertiary/aromatic N) is 2. The zero-order valence-corrected chi connectivity index (χ0v) is 15.3. The third kappa shape index (κ3) is 3.62. The first-order chi connectivity index (χ1) is 12.1. The van der Waals surface area contributed by atoms with Crippen LogP contribution in [0.1, 0.15) is 32.1 Å². The lowest BCUT2D eigenvalue weighted by atomic mass is 9.65. The largest absolute Gasteiger partial charge is 0.327 e. The molecule has 2 fully saturated rings. The molecule has 0 radical (unpaired) electrons. The molecule has 0 saturated heterocycles. The summed E-state index contributed by atoms with van der Waals surface area (Å²) in [5, 5.41) is 7.10. The third-order valence-corrected chi connectivity index (χ3v) is 5.73. The number of nitrogens with one attached hydrogen (secondary N) is 1. The van der Waals surface area contributed by atoms with Crippen molar-refractivity contribution in [2.75, 3.05) is 5.32 Å². The summed E-state index contributed by atoms with van der Waals surface area (Å²) in [4.78, 5) is 12.7. The summed E-state index contributed by atoms with van der Waals surface area (Å²) in [6.07, 6.45) is 8.42. The fraction of sp³-hybridized carbons (Fsp3) is 0.474. The average molecular weight is 379 g/mol. The Labute approximate surface area is 158 Å². The molecule has 2 aliphatic carbocycles. The number of rotatable bonds is 3. The third-order valence-electron chi connectivity index (χ3n) is 5.73. The second kappa shape index (κ2) is 7.76. The van der Waals surface area contributed by atoms with Gasteiger partial charge < -0.3 is 11.1 Å². The molecule has 2 saturated carbocycles. The number of halogens is 2. The monoisotopic (exact) mass is 378 g/mol. The summed E-state index contributed by atoms with van der Waals surface area (Å²) in [6.45, 7) is 0. The van der Waals surface area contributed by atoms with Crippen molar-refractivity contribution in [3.05, 3.63) is 42.5 Å². The van der Waals surface area contributed by atoms with Crippen LogP contribution in [-0.2, 0) is 4.79 Å². The maximum absolute atomic E-state index is 13.8. The minimum absolute atomic E-state index is 0. The molecule has 0 aliphatic heterocycles. The predicted molar refractivity (Wildman–Crippen MR) is 101 cm³/mol. The van der Waals surface area contributed by atoms with Crippen molar-refractivity contribution >= 4 is 24.0 Å². The van der Waals surface area contributed by atoms with Crippen molar-refractivity contribution in [2.24, 2.45) is 23.5 Å². The lowest BCUT2D eigenvalue weighted by Gasteiger charge is -2.43. The van der Waals surface area contributed by atoms with E-state index in [1.807, 2.05) is 0 Å².